The Hall–Kier alpha value is -0.930. The number of aliphatic imine (C=N–C) groups is 1. The summed E-state index contributed by atoms with van der Waals surface area (Å²) in [7, 11) is 0. The van der Waals surface area contributed by atoms with E-state index in [9.17, 15) is 9.90 Å². The summed E-state index contributed by atoms with van der Waals surface area (Å²) in [6.45, 7) is 0. The van der Waals surface area contributed by atoms with Crippen molar-refractivity contribution >= 4 is 92.0 Å². The van der Waals surface area contributed by atoms with Crippen molar-refractivity contribution in [3.8, 4) is 5.75 Å². The van der Waals surface area contributed by atoms with Gasteiger partial charge < -0.3 is 10.4 Å². The summed E-state index contributed by atoms with van der Waals surface area (Å²) in [5, 5.41) is 14.3. The molecule has 0 radical (unpaired) electrons. The molecule has 4 nitrogen and oxygen atoms in total. The minimum atomic E-state index is -0.323. The molecular formula is C16H8Cl3IN2O2S. The lowest BCUT2D eigenvalue weighted by molar-refractivity contribution is -0.115. The van der Waals surface area contributed by atoms with Crippen molar-refractivity contribution in [2.75, 3.05) is 0 Å². The molecule has 0 bridgehead atoms. The van der Waals surface area contributed by atoms with Crippen molar-refractivity contribution in [1.82, 2.24) is 5.32 Å². The number of halogens is 4. The van der Waals surface area contributed by atoms with Gasteiger partial charge in [0.15, 0.2) is 5.17 Å². The van der Waals surface area contributed by atoms with E-state index >= 15 is 0 Å². The molecule has 0 aromatic heterocycles. The van der Waals surface area contributed by atoms with Crippen LogP contribution < -0.4 is 5.32 Å². The zero-order valence-corrected chi connectivity index (χ0v) is 17.4. The molecule has 3 rings (SSSR count). The molecule has 1 fully saturated rings. The van der Waals surface area contributed by atoms with E-state index in [1.54, 1.807) is 36.4 Å². The summed E-state index contributed by atoms with van der Waals surface area (Å²) < 4.78 is 0.597. The van der Waals surface area contributed by atoms with E-state index in [4.69, 9.17) is 34.8 Å². The fourth-order valence-corrected chi connectivity index (χ4v) is 4.23. The second kappa shape index (κ2) is 7.75. The van der Waals surface area contributed by atoms with E-state index in [0.29, 0.717) is 40.0 Å². The second-order valence-corrected chi connectivity index (χ2v) is 8.29. The monoisotopic (exact) mass is 524 g/mol. The minimum Gasteiger partial charge on any atom is -0.506 e. The number of amides is 1. The molecule has 2 N–H and O–H groups in total. The van der Waals surface area contributed by atoms with Crippen LogP contribution in [0.2, 0.25) is 15.1 Å². The summed E-state index contributed by atoms with van der Waals surface area (Å²) >= 11 is 21.2. The third kappa shape index (κ3) is 4.25. The standard InChI is InChI=1S/C16H8Cl3IN2O2S/c17-8-4-7(14(23)10(20)6-8)5-12-15(24)22-16(25-12)21-11-3-1-2-9(18)13(11)19/h1-6,23H,(H,21,22,24)/b12-5-. The number of benzene rings is 2. The largest absolute Gasteiger partial charge is 0.506 e. The molecule has 0 atom stereocenters. The Morgan fingerprint density at radius 1 is 1.24 bits per heavy atom. The van der Waals surface area contributed by atoms with Gasteiger partial charge in [0.2, 0.25) is 0 Å². The summed E-state index contributed by atoms with van der Waals surface area (Å²) in [5.74, 6) is -0.259. The Morgan fingerprint density at radius 2 is 2.00 bits per heavy atom. The molecule has 1 heterocycles. The highest BCUT2D eigenvalue weighted by Crippen LogP contribution is 2.36. The molecule has 128 valence electrons. The lowest BCUT2D eigenvalue weighted by Crippen LogP contribution is -2.19. The highest BCUT2D eigenvalue weighted by atomic mass is 127. The Bertz CT molecular complexity index is 947. The summed E-state index contributed by atoms with van der Waals surface area (Å²) in [6, 6.07) is 8.29. The van der Waals surface area contributed by atoms with Crippen molar-refractivity contribution in [3.63, 3.8) is 0 Å². The van der Waals surface area contributed by atoms with Gasteiger partial charge in [-0.3, -0.25) is 4.79 Å². The van der Waals surface area contributed by atoms with Crippen molar-refractivity contribution in [3.05, 3.63) is 59.4 Å². The maximum Gasteiger partial charge on any atom is 0.264 e. The van der Waals surface area contributed by atoms with Crippen LogP contribution in [0, 0.1) is 3.57 Å². The maximum absolute atomic E-state index is 12.2. The molecule has 1 amide bonds. The zero-order chi connectivity index (χ0) is 18.1. The van der Waals surface area contributed by atoms with E-state index in [2.05, 4.69) is 10.3 Å². The average Bonchev–Trinajstić information content (AvgIpc) is 2.88. The second-order valence-electron chi connectivity index (χ2n) is 4.88. The first kappa shape index (κ1) is 18.8. The lowest BCUT2D eigenvalue weighted by Gasteiger charge is -2.03. The van der Waals surface area contributed by atoms with Gasteiger partial charge in [-0.2, -0.15) is 0 Å². The lowest BCUT2D eigenvalue weighted by atomic mass is 10.2. The molecule has 0 spiro atoms. The number of hydrogen-bond donors (Lipinski definition) is 2. The number of nitrogens with zero attached hydrogens (tertiary/aromatic N) is 1. The first-order valence-corrected chi connectivity index (χ1v) is 9.79. The predicted molar refractivity (Wildman–Crippen MR) is 113 cm³/mol. The predicted octanol–water partition coefficient (Wildman–Crippen LogP) is 5.85. The minimum absolute atomic E-state index is 0.0641. The maximum atomic E-state index is 12.2. The number of nitrogens with one attached hydrogen (secondary N) is 1. The molecule has 9 heteroatoms. The quantitative estimate of drug-likeness (QED) is 0.382. The van der Waals surface area contributed by atoms with Crippen molar-refractivity contribution in [1.29, 1.82) is 0 Å². The summed E-state index contributed by atoms with van der Waals surface area (Å²) in [4.78, 5) is 16.9. The van der Waals surface area contributed by atoms with Gasteiger partial charge in [-0.1, -0.05) is 40.9 Å². The van der Waals surface area contributed by atoms with E-state index in [0.717, 1.165) is 11.8 Å². The van der Waals surface area contributed by atoms with Gasteiger partial charge in [0, 0.05) is 10.6 Å². The van der Waals surface area contributed by atoms with E-state index in [1.165, 1.54) is 0 Å². The summed E-state index contributed by atoms with van der Waals surface area (Å²) in [5.41, 5.74) is 0.912. The molecular weight excluding hydrogens is 518 g/mol. The average molecular weight is 526 g/mol. The smallest absolute Gasteiger partial charge is 0.264 e. The van der Waals surface area contributed by atoms with Gasteiger partial charge in [0.1, 0.15) is 5.75 Å². The number of thioether (sulfide) groups is 1. The molecule has 1 saturated heterocycles. The highest BCUT2D eigenvalue weighted by Gasteiger charge is 2.25. The fraction of sp³-hybridized carbons (Fsp3) is 0. The van der Waals surface area contributed by atoms with Crippen molar-refractivity contribution in [2.24, 2.45) is 4.99 Å². The van der Waals surface area contributed by atoms with Gasteiger partial charge in [0.05, 0.1) is 24.2 Å². The van der Waals surface area contributed by atoms with Crippen molar-refractivity contribution < 1.29 is 9.90 Å². The highest BCUT2D eigenvalue weighted by molar-refractivity contribution is 14.1. The van der Waals surface area contributed by atoms with Crippen LogP contribution in [0.3, 0.4) is 0 Å². The SMILES string of the molecule is O=C1NC(=Nc2cccc(Cl)c2Cl)S/C1=C\c1cc(Cl)cc(I)c1O. The van der Waals surface area contributed by atoms with Crippen LogP contribution in [-0.4, -0.2) is 16.2 Å². The van der Waals surface area contributed by atoms with Gasteiger partial charge in [-0.05, 0) is 64.7 Å². The third-order valence-corrected chi connectivity index (χ3v) is 5.91. The topological polar surface area (TPSA) is 61.7 Å². The number of carbonyl (C=O) groups excluding carboxylic acids is 1. The first-order valence-electron chi connectivity index (χ1n) is 6.77. The van der Waals surface area contributed by atoms with Crippen LogP contribution in [0.15, 0.2) is 40.2 Å². The molecule has 0 saturated carbocycles. The molecule has 1 aliphatic heterocycles. The van der Waals surface area contributed by atoms with Crippen LogP contribution in [0.1, 0.15) is 5.56 Å². The molecule has 25 heavy (non-hydrogen) atoms. The van der Waals surface area contributed by atoms with Gasteiger partial charge in [-0.15, -0.1) is 0 Å². The van der Waals surface area contributed by atoms with Crippen LogP contribution in [-0.2, 0) is 4.79 Å². The van der Waals surface area contributed by atoms with Crippen LogP contribution >= 0.6 is 69.2 Å². The zero-order valence-electron chi connectivity index (χ0n) is 12.2. The van der Waals surface area contributed by atoms with E-state index in [-0.39, 0.29) is 11.7 Å². The molecule has 2 aromatic carbocycles. The van der Waals surface area contributed by atoms with Gasteiger partial charge in [0.25, 0.3) is 5.91 Å². The number of aromatic hydroxyl groups is 1. The third-order valence-electron chi connectivity index (χ3n) is 3.15. The number of hydrogen-bond acceptors (Lipinski definition) is 4. The molecule has 0 aliphatic carbocycles. The van der Waals surface area contributed by atoms with Crippen LogP contribution in [0.5, 0.6) is 5.75 Å². The fourth-order valence-electron chi connectivity index (χ4n) is 2.01. The summed E-state index contributed by atoms with van der Waals surface area (Å²) in [6.07, 6.45) is 1.56. The van der Waals surface area contributed by atoms with E-state index < -0.39 is 0 Å². The van der Waals surface area contributed by atoms with Crippen molar-refractivity contribution in [2.45, 2.75) is 0 Å². The molecule has 1 aliphatic rings. The molecule has 0 unspecified atom stereocenters. The number of carbonyl (C=O) groups is 1. The van der Waals surface area contributed by atoms with Crippen LogP contribution in [0.25, 0.3) is 6.08 Å². The normalized spacial score (nSPS) is 17.4. The Kier molecular flexibility index (Phi) is 5.85. The van der Waals surface area contributed by atoms with Gasteiger partial charge >= 0.3 is 0 Å². The Labute approximate surface area is 176 Å². The number of phenolic OH excluding ortho intramolecular Hbond substituents is 1. The van der Waals surface area contributed by atoms with Gasteiger partial charge in [-0.25, -0.2) is 4.99 Å². The first-order chi connectivity index (χ1) is 11.8. The number of phenols is 1. The van der Waals surface area contributed by atoms with Crippen LogP contribution in [0.4, 0.5) is 5.69 Å². The number of amidine groups is 1. The number of rotatable bonds is 2. The Morgan fingerprint density at radius 3 is 2.76 bits per heavy atom. The Balaban J connectivity index is 1.93. The molecule has 2 aromatic rings. The van der Waals surface area contributed by atoms with E-state index in [1.807, 2.05) is 22.6 Å².